The largest absolute Gasteiger partial charge is 0.374 e. The van der Waals surface area contributed by atoms with Gasteiger partial charge in [-0.1, -0.05) is 13.8 Å². The van der Waals surface area contributed by atoms with Crippen LogP contribution in [-0.4, -0.2) is 24.8 Å². The van der Waals surface area contributed by atoms with E-state index in [1.165, 1.54) is 6.42 Å². The Morgan fingerprint density at radius 2 is 1.92 bits per heavy atom. The van der Waals surface area contributed by atoms with Gasteiger partial charge in [-0.15, -0.1) is 0 Å². The van der Waals surface area contributed by atoms with E-state index in [9.17, 15) is 0 Å². The summed E-state index contributed by atoms with van der Waals surface area (Å²) in [4.78, 5) is 0. The lowest BCUT2D eigenvalue weighted by Crippen LogP contribution is -2.26. The molecule has 72 valence electrons. The minimum Gasteiger partial charge on any atom is -0.374 e. The first kappa shape index (κ1) is 10.0. The Morgan fingerprint density at radius 3 is 2.33 bits per heavy atom. The van der Waals surface area contributed by atoms with Crippen molar-refractivity contribution in [2.45, 2.75) is 52.4 Å². The van der Waals surface area contributed by atoms with Crippen LogP contribution >= 0.6 is 0 Å². The molecule has 1 N–H and O–H groups in total. The number of rotatable bonds is 3. The van der Waals surface area contributed by atoms with Gasteiger partial charge in [0.15, 0.2) is 0 Å². The van der Waals surface area contributed by atoms with Crippen molar-refractivity contribution in [1.29, 1.82) is 0 Å². The molecule has 2 atom stereocenters. The number of nitrogens with one attached hydrogen (secondary N) is 1. The number of ether oxygens (including phenoxy) is 1. The average molecular weight is 171 g/mol. The molecule has 0 amide bonds. The first-order chi connectivity index (χ1) is 5.59. The van der Waals surface area contributed by atoms with E-state index in [-0.39, 0.29) is 0 Å². The first-order valence-corrected chi connectivity index (χ1v) is 4.98. The molecule has 1 rings (SSSR count). The molecule has 0 spiro atoms. The molecule has 2 nitrogen and oxygen atoms in total. The summed E-state index contributed by atoms with van der Waals surface area (Å²) in [6.45, 7) is 9.75. The fourth-order valence-corrected chi connectivity index (χ4v) is 1.73. The standard InChI is InChI=1S/C10H21NO/c1-7(2)10-5-9(6-11-10)12-8(3)4/h7-11H,5-6H2,1-4H3/t9-,10-/m0/s1. The van der Waals surface area contributed by atoms with Crippen LogP contribution in [0.15, 0.2) is 0 Å². The predicted octanol–water partition coefficient (Wildman–Crippen LogP) is 1.80. The van der Waals surface area contributed by atoms with E-state index in [1.54, 1.807) is 0 Å². The average Bonchev–Trinajstić information content (AvgIpc) is 2.34. The first-order valence-electron chi connectivity index (χ1n) is 4.98. The molecule has 1 fully saturated rings. The van der Waals surface area contributed by atoms with Crippen molar-refractivity contribution in [3.05, 3.63) is 0 Å². The van der Waals surface area contributed by atoms with Crippen LogP contribution < -0.4 is 5.32 Å². The van der Waals surface area contributed by atoms with Crippen LogP contribution in [0.3, 0.4) is 0 Å². The Labute approximate surface area is 75.7 Å². The van der Waals surface area contributed by atoms with E-state index >= 15 is 0 Å². The third kappa shape index (κ3) is 2.76. The van der Waals surface area contributed by atoms with E-state index in [0.29, 0.717) is 18.2 Å². The van der Waals surface area contributed by atoms with Crippen molar-refractivity contribution >= 4 is 0 Å². The summed E-state index contributed by atoms with van der Waals surface area (Å²) in [5, 5.41) is 3.49. The van der Waals surface area contributed by atoms with Crippen LogP contribution in [0.2, 0.25) is 0 Å². The van der Waals surface area contributed by atoms with Gasteiger partial charge in [0.05, 0.1) is 12.2 Å². The fraction of sp³-hybridized carbons (Fsp3) is 1.00. The highest BCUT2D eigenvalue weighted by molar-refractivity contribution is 4.84. The molecule has 1 aliphatic rings. The molecule has 0 bridgehead atoms. The van der Waals surface area contributed by atoms with Crippen molar-refractivity contribution < 1.29 is 4.74 Å². The zero-order valence-corrected chi connectivity index (χ0v) is 8.63. The Hall–Kier alpha value is -0.0800. The Balaban J connectivity index is 2.26. The second-order valence-electron chi connectivity index (χ2n) is 4.30. The van der Waals surface area contributed by atoms with Gasteiger partial charge in [-0.2, -0.15) is 0 Å². The molecule has 2 heteroatoms. The maximum absolute atomic E-state index is 5.73. The van der Waals surface area contributed by atoms with E-state index < -0.39 is 0 Å². The highest BCUT2D eigenvalue weighted by Crippen LogP contribution is 2.17. The molecule has 0 aliphatic carbocycles. The van der Waals surface area contributed by atoms with Gasteiger partial charge in [-0.3, -0.25) is 0 Å². The van der Waals surface area contributed by atoms with Gasteiger partial charge < -0.3 is 10.1 Å². The zero-order valence-electron chi connectivity index (χ0n) is 8.63. The summed E-state index contributed by atoms with van der Waals surface area (Å²) in [7, 11) is 0. The monoisotopic (exact) mass is 171 g/mol. The molecule has 1 aliphatic heterocycles. The minimum atomic E-state index is 0.364. The fourth-order valence-electron chi connectivity index (χ4n) is 1.73. The summed E-state index contributed by atoms with van der Waals surface area (Å²) < 4.78 is 5.73. The molecule has 1 saturated heterocycles. The molecular weight excluding hydrogens is 150 g/mol. The molecule has 0 saturated carbocycles. The molecule has 0 unspecified atom stereocenters. The van der Waals surface area contributed by atoms with Gasteiger partial charge in [0.1, 0.15) is 0 Å². The van der Waals surface area contributed by atoms with Gasteiger partial charge >= 0.3 is 0 Å². The van der Waals surface area contributed by atoms with Crippen molar-refractivity contribution in [3.8, 4) is 0 Å². The lowest BCUT2D eigenvalue weighted by atomic mass is 10.0. The summed E-state index contributed by atoms with van der Waals surface area (Å²) >= 11 is 0. The van der Waals surface area contributed by atoms with Crippen LogP contribution in [0.1, 0.15) is 34.1 Å². The van der Waals surface area contributed by atoms with Crippen LogP contribution in [0, 0.1) is 5.92 Å². The summed E-state index contributed by atoms with van der Waals surface area (Å²) in [6.07, 6.45) is 1.98. The van der Waals surface area contributed by atoms with Gasteiger partial charge in [0.2, 0.25) is 0 Å². The highest BCUT2D eigenvalue weighted by Gasteiger charge is 2.26. The molecular formula is C10H21NO. The van der Waals surface area contributed by atoms with E-state index in [0.717, 1.165) is 12.5 Å². The molecule has 0 radical (unpaired) electrons. The van der Waals surface area contributed by atoms with E-state index in [2.05, 4.69) is 33.0 Å². The predicted molar refractivity (Wildman–Crippen MR) is 51.3 cm³/mol. The molecule has 1 heterocycles. The highest BCUT2D eigenvalue weighted by atomic mass is 16.5. The third-order valence-electron chi connectivity index (χ3n) is 2.39. The minimum absolute atomic E-state index is 0.364. The zero-order chi connectivity index (χ0) is 9.14. The Kier molecular flexibility index (Phi) is 3.53. The van der Waals surface area contributed by atoms with Gasteiger partial charge in [-0.05, 0) is 26.2 Å². The normalized spacial score (nSPS) is 30.5. The number of hydrogen-bond donors (Lipinski definition) is 1. The van der Waals surface area contributed by atoms with Crippen molar-refractivity contribution in [2.75, 3.05) is 6.54 Å². The second kappa shape index (κ2) is 4.24. The van der Waals surface area contributed by atoms with E-state index in [1.807, 2.05) is 0 Å². The summed E-state index contributed by atoms with van der Waals surface area (Å²) in [5.41, 5.74) is 0. The molecule has 0 aromatic heterocycles. The second-order valence-corrected chi connectivity index (χ2v) is 4.30. The number of hydrogen-bond acceptors (Lipinski definition) is 2. The van der Waals surface area contributed by atoms with Crippen molar-refractivity contribution in [1.82, 2.24) is 5.32 Å². The van der Waals surface area contributed by atoms with Crippen molar-refractivity contribution in [2.24, 2.45) is 5.92 Å². The van der Waals surface area contributed by atoms with Crippen LogP contribution in [0.25, 0.3) is 0 Å². The van der Waals surface area contributed by atoms with Gasteiger partial charge in [0, 0.05) is 12.6 Å². The third-order valence-corrected chi connectivity index (χ3v) is 2.39. The topological polar surface area (TPSA) is 21.3 Å². The van der Waals surface area contributed by atoms with Crippen LogP contribution in [-0.2, 0) is 4.74 Å². The van der Waals surface area contributed by atoms with Gasteiger partial charge in [0.25, 0.3) is 0 Å². The SMILES string of the molecule is CC(C)O[C@@H]1CN[C@H](C(C)C)C1. The maximum Gasteiger partial charge on any atom is 0.0717 e. The summed E-state index contributed by atoms with van der Waals surface area (Å²) in [5.74, 6) is 0.728. The smallest absolute Gasteiger partial charge is 0.0717 e. The van der Waals surface area contributed by atoms with Crippen LogP contribution in [0.4, 0.5) is 0 Å². The van der Waals surface area contributed by atoms with Crippen molar-refractivity contribution in [3.63, 3.8) is 0 Å². The Morgan fingerprint density at radius 1 is 1.25 bits per heavy atom. The molecule has 0 aromatic rings. The molecule has 12 heavy (non-hydrogen) atoms. The quantitative estimate of drug-likeness (QED) is 0.699. The maximum atomic E-state index is 5.73. The summed E-state index contributed by atoms with van der Waals surface area (Å²) in [6, 6.07) is 0.661. The van der Waals surface area contributed by atoms with E-state index in [4.69, 9.17) is 4.74 Å². The molecule has 0 aromatic carbocycles. The lowest BCUT2D eigenvalue weighted by Gasteiger charge is -2.16. The van der Waals surface area contributed by atoms with Crippen LogP contribution in [0.5, 0.6) is 0 Å². The Bertz CT molecular complexity index is 134. The lowest BCUT2D eigenvalue weighted by molar-refractivity contribution is 0.0180. The van der Waals surface area contributed by atoms with Gasteiger partial charge in [-0.25, -0.2) is 0 Å².